The van der Waals surface area contributed by atoms with Gasteiger partial charge in [-0.3, -0.25) is 9.48 Å². The molecule has 1 amide bonds. The Balaban J connectivity index is 0.00000182. The van der Waals surface area contributed by atoms with Crippen LogP contribution in [0.25, 0.3) is 0 Å². The van der Waals surface area contributed by atoms with Crippen molar-refractivity contribution < 1.29 is 4.79 Å². The highest BCUT2D eigenvalue weighted by molar-refractivity contribution is 5.85. The summed E-state index contributed by atoms with van der Waals surface area (Å²) in [6, 6.07) is 12.7. The van der Waals surface area contributed by atoms with Crippen LogP contribution in [0, 0.1) is 11.8 Å². The van der Waals surface area contributed by atoms with E-state index in [2.05, 4.69) is 39.6 Å². The number of rotatable bonds is 5. The van der Waals surface area contributed by atoms with Gasteiger partial charge in [0.1, 0.15) is 0 Å². The van der Waals surface area contributed by atoms with Crippen LogP contribution in [-0.4, -0.2) is 40.2 Å². The molecule has 2 fully saturated rings. The Kier molecular flexibility index (Phi) is 5.76. The van der Waals surface area contributed by atoms with E-state index < -0.39 is 0 Å². The van der Waals surface area contributed by atoms with Crippen molar-refractivity contribution in [2.75, 3.05) is 19.6 Å². The lowest BCUT2D eigenvalue weighted by Gasteiger charge is -2.28. The first-order chi connectivity index (χ1) is 11.8. The third-order valence-corrected chi connectivity index (χ3v) is 5.36. The standard InChI is InChI=1S/C19H24N4O.ClH/c24-18(8-4-10-22-11-5-9-21-22)23-14-16-12-20-13-17(16)19(23)15-6-2-1-3-7-15;/h1-3,5-7,9,11,16-17,19-20H,4,8,10,12-14H2;1H/t16-,17-,19-;/m0./s1. The maximum Gasteiger partial charge on any atom is 0.223 e. The van der Waals surface area contributed by atoms with Crippen LogP contribution >= 0.6 is 12.4 Å². The molecular weight excluding hydrogens is 336 g/mol. The second-order valence-electron chi connectivity index (χ2n) is 6.86. The van der Waals surface area contributed by atoms with Crippen LogP contribution in [0.5, 0.6) is 0 Å². The lowest BCUT2D eigenvalue weighted by atomic mass is 9.89. The number of fused-ring (bicyclic) bond motifs is 1. The van der Waals surface area contributed by atoms with Crippen molar-refractivity contribution in [1.82, 2.24) is 20.0 Å². The Labute approximate surface area is 154 Å². The fourth-order valence-electron chi connectivity index (χ4n) is 4.22. The van der Waals surface area contributed by atoms with E-state index in [9.17, 15) is 4.79 Å². The van der Waals surface area contributed by atoms with Crippen LogP contribution in [0.15, 0.2) is 48.8 Å². The zero-order chi connectivity index (χ0) is 16.4. The molecule has 2 aromatic rings. The highest BCUT2D eigenvalue weighted by Crippen LogP contribution is 2.42. The summed E-state index contributed by atoms with van der Waals surface area (Å²) in [6.07, 6.45) is 5.16. The van der Waals surface area contributed by atoms with Gasteiger partial charge in [0.2, 0.25) is 5.91 Å². The van der Waals surface area contributed by atoms with E-state index in [0.29, 0.717) is 18.3 Å². The van der Waals surface area contributed by atoms with Crippen LogP contribution in [0.1, 0.15) is 24.4 Å². The second kappa shape index (κ2) is 8.02. The fourth-order valence-corrected chi connectivity index (χ4v) is 4.22. The van der Waals surface area contributed by atoms with E-state index in [-0.39, 0.29) is 24.4 Å². The molecule has 0 radical (unpaired) electrons. The van der Waals surface area contributed by atoms with Gasteiger partial charge in [0.25, 0.3) is 0 Å². The van der Waals surface area contributed by atoms with Crippen molar-refractivity contribution in [3.05, 3.63) is 54.4 Å². The largest absolute Gasteiger partial charge is 0.335 e. The first-order valence-corrected chi connectivity index (χ1v) is 8.85. The summed E-state index contributed by atoms with van der Waals surface area (Å²) in [5, 5.41) is 7.70. The summed E-state index contributed by atoms with van der Waals surface area (Å²) < 4.78 is 1.89. The Bertz CT molecular complexity index is 676. The highest BCUT2D eigenvalue weighted by atomic mass is 35.5. The predicted octanol–water partition coefficient (Wildman–Crippen LogP) is 2.50. The molecule has 2 aliphatic heterocycles. The molecule has 0 bridgehead atoms. The maximum absolute atomic E-state index is 12.9. The number of hydrogen-bond acceptors (Lipinski definition) is 3. The average Bonchev–Trinajstić information content (AvgIpc) is 3.32. The molecule has 3 heterocycles. The molecule has 2 saturated heterocycles. The molecule has 3 atom stereocenters. The molecular formula is C19H25ClN4O. The van der Waals surface area contributed by atoms with Gasteiger partial charge in [-0.1, -0.05) is 30.3 Å². The predicted molar refractivity (Wildman–Crippen MR) is 99.5 cm³/mol. The molecule has 25 heavy (non-hydrogen) atoms. The highest BCUT2D eigenvalue weighted by Gasteiger charge is 2.46. The van der Waals surface area contributed by atoms with Gasteiger partial charge in [-0.25, -0.2) is 0 Å². The molecule has 1 aromatic carbocycles. The fraction of sp³-hybridized carbons (Fsp3) is 0.474. The third-order valence-electron chi connectivity index (χ3n) is 5.36. The lowest BCUT2D eigenvalue weighted by molar-refractivity contribution is -0.132. The van der Waals surface area contributed by atoms with Crippen molar-refractivity contribution in [3.63, 3.8) is 0 Å². The number of carbonyl (C=O) groups is 1. The molecule has 4 rings (SSSR count). The number of hydrogen-bond donors (Lipinski definition) is 1. The second-order valence-corrected chi connectivity index (χ2v) is 6.86. The van der Waals surface area contributed by atoms with E-state index in [1.54, 1.807) is 6.20 Å². The van der Waals surface area contributed by atoms with Crippen LogP contribution in [0.2, 0.25) is 0 Å². The maximum atomic E-state index is 12.9. The summed E-state index contributed by atoms with van der Waals surface area (Å²) in [6.45, 7) is 3.74. The van der Waals surface area contributed by atoms with Gasteiger partial charge in [0.15, 0.2) is 0 Å². The Morgan fingerprint density at radius 2 is 2.04 bits per heavy atom. The van der Waals surface area contributed by atoms with Gasteiger partial charge < -0.3 is 10.2 Å². The Hall–Kier alpha value is -1.85. The molecule has 0 saturated carbocycles. The Morgan fingerprint density at radius 1 is 1.20 bits per heavy atom. The summed E-state index contributed by atoms with van der Waals surface area (Å²) in [5.74, 6) is 1.41. The average molecular weight is 361 g/mol. The third kappa shape index (κ3) is 3.72. The van der Waals surface area contributed by atoms with E-state index in [0.717, 1.165) is 32.6 Å². The molecule has 1 N–H and O–H groups in total. The topological polar surface area (TPSA) is 50.2 Å². The zero-order valence-electron chi connectivity index (χ0n) is 14.3. The van der Waals surface area contributed by atoms with Gasteiger partial charge >= 0.3 is 0 Å². The van der Waals surface area contributed by atoms with Crippen molar-refractivity contribution in [2.24, 2.45) is 11.8 Å². The quantitative estimate of drug-likeness (QED) is 0.891. The molecule has 0 spiro atoms. The van der Waals surface area contributed by atoms with Crippen LogP contribution < -0.4 is 5.32 Å². The number of nitrogens with zero attached hydrogens (tertiary/aromatic N) is 3. The summed E-state index contributed by atoms with van der Waals surface area (Å²) in [7, 11) is 0. The molecule has 0 aliphatic carbocycles. The van der Waals surface area contributed by atoms with Gasteiger partial charge in [0.05, 0.1) is 6.04 Å². The van der Waals surface area contributed by atoms with Gasteiger partial charge in [-0.05, 0) is 24.0 Å². The lowest BCUT2D eigenvalue weighted by Crippen LogP contribution is -2.34. The molecule has 6 heteroatoms. The van der Waals surface area contributed by atoms with Gasteiger partial charge in [-0.2, -0.15) is 5.10 Å². The Morgan fingerprint density at radius 3 is 2.80 bits per heavy atom. The number of aromatic nitrogens is 2. The summed E-state index contributed by atoms with van der Waals surface area (Å²) in [5.41, 5.74) is 1.27. The SMILES string of the molecule is Cl.O=C(CCCn1cccn1)N1C[C@@H]2CNC[C@@H]2[C@@H]1c1ccccc1. The number of carbonyl (C=O) groups excluding carboxylic acids is 1. The summed E-state index contributed by atoms with van der Waals surface area (Å²) in [4.78, 5) is 15.0. The van der Waals surface area contributed by atoms with E-state index >= 15 is 0 Å². The number of benzene rings is 1. The van der Waals surface area contributed by atoms with Crippen LogP contribution in [0.3, 0.4) is 0 Å². The monoisotopic (exact) mass is 360 g/mol. The van der Waals surface area contributed by atoms with Gasteiger partial charge in [0, 0.05) is 50.9 Å². The van der Waals surface area contributed by atoms with Gasteiger partial charge in [-0.15, -0.1) is 12.4 Å². The van der Waals surface area contributed by atoms with Crippen molar-refractivity contribution >= 4 is 18.3 Å². The number of likely N-dealkylation sites (tertiary alicyclic amines) is 1. The van der Waals surface area contributed by atoms with Crippen molar-refractivity contribution in [2.45, 2.75) is 25.4 Å². The van der Waals surface area contributed by atoms with E-state index in [1.807, 2.05) is 23.0 Å². The normalized spacial score (nSPS) is 24.8. The van der Waals surface area contributed by atoms with E-state index in [4.69, 9.17) is 0 Å². The minimum atomic E-state index is 0. The first kappa shape index (κ1) is 18.0. The molecule has 134 valence electrons. The summed E-state index contributed by atoms with van der Waals surface area (Å²) >= 11 is 0. The van der Waals surface area contributed by atoms with Crippen molar-refractivity contribution in [3.8, 4) is 0 Å². The minimum Gasteiger partial charge on any atom is -0.335 e. The smallest absolute Gasteiger partial charge is 0.223 e. The van der Waals surface area contributed by atoms with Crippen LogP contribution in [-0.2, 0) is 11.3 Å². The number of amides is 1. The number of aryl methyl sites for hydroxylation is 1. The molecule has 2 aliphatic rings. The minimum absolute atomic E-state index is 0. The van der Waals surface area contributed by atoms with Crippen molar-refractivity contribution in [1.29, 1.82) is 0 Å². The molecule has 0 unspecified atom stereocenters. The zero-order valence-corrected chi connectivity index (χ0v) is 15.1. The van der Waals surface area contributed by atoms with Crippen LogP contribution in [0.4, 0.5) is 0 Å². The van der Waals surface area contributed by atoms with E-state index in [1.165, 1.54) is 5.56 Å². The molecule has 5 nitrogen and oxygen atoms in total. The number of nitrogens with one attached hydrogen (secondary N) is 1. The first-order valence-electron chi connectivity index (χ1n) is 8.85. The number of halogens is 1. The molecule has 1 aromatic heterocycles.